The Morgan fingerprint density at radius 3 is 1.91 bits per heavy atom. The molecule has 35 heavy (non-hydrogen) atoms. The average molecular weight is 556 g/mol. The van der Waals surface area contributed by atoms with Crippen LogP contribution in [0.2, 0.25) is 10.0 Å². The van der Waals surface area contributed by atoms with E-state index in [9.17, 15) is 21.6 Å². The smallest absolute Gasteiger partial charge is 0.251 e. The van der Waals surface area contributed by atoms with E-state index in [-0.39, 0.29) is 23.4 Å². The summed E-state index contributed by atoms with van der Waals surface area (Å²) < 4.78 is 49.4. The first-order valence-electron chi connectivity index (χ1n) is 10.4. The van der Waals surface area contributed by atoms with Crippen LogP contribution in [0.5, 0.6) is 0 Å². The third-order valence-corrected chi connectivity index (χ3v) is 8.31. The number of sulfonamides is 1. The quantitative estimate of drug-likeness (QED) is 0.428. The monoisotopic (exact) mass is 554 g/mol. The minimum absolute atomic E-state index is 0.0661. The number of carbonyl (C=O) groups excluding carboxylic acids is 1. The van der Waals surface area contributed by atoms with E-state index in [1.54, 1.807) is 37.3 Å². The molecule has 0 unspecified atom stereocenters. The number of amides is 1. The summed E-state index contributed by atoms with van der Waals surface area (Å²) >= 11 is 12.4. The van der Waals surface area contributed by atoms with Gasteiger partial charge in [0.05, 0.1) is 29.4 Å². The fraction of sp³-hybridized carbons (Fsp3) is 0.208. The summed E-state index contributed by atoms with van der Waals surface area (Å²) in [4.78, 5) is 12.9. The summed E-state index contributed by atoms with van der Waals surface area (Å²) in [6, 6.07) is 17.0. The standard InChI is InChI=1S/C24H24Cl2N2O5S2/c1-16(17-9-13-20(14-10-17)34(2,30)31)27-24(29)18-7-11-19(12-8-18)28(35(3,32)33)15-21-22(25)5-4-6-23(21)26/h4-14,16H,15H2,1-3H3,(H,27,29)/t16-/m1/s1. The predicted octanol–water partition coefficient (Wildman–Crippen LogP) is 4.85. The number of hydrogen-bond acceptors (Lipinski definition) is 5. The number of rotatable bonds is 8. The van der Waals surface area contributed by atoms with Gasteiger partial charge in [0.25, 0.3) is 5.91 Å². The number of sulfone groups is 1. The van der Waals surface area contributed by atoms with Crippen molar-refractivity contribution in [1.82, 2.24) is 5.32 Å². The zero-order valence-corrected chi connectivity index (χ0v) is 22.3. The second kappa shape index (κ2) is 10.6. The van der Waals surface area contributed by atoms with Gasteiger partial charge in [-0.05, 0) is 61.0 Å². The van der Waals surface area contributed by atoms with Crippen LogP contribution in [-0.2, 0) is 26.4 Å². The minimum Gasteiger partial charge on any atom is -0.346 e. The second-order valence-electron chi connectivity index (χ2n) is 8.05. The van der Waals surface area contributed by atoms with Gasteiger partial charge in [-0.25, -0.2) is 16.8 Å². The number of nitrogens with one attached hydrogen (secondary N) is 1. The topological polar surface area (TPSA) is 101 Å². The van der Waals surface area contributed by atoms with Crippen molar-refractivity contribution >= 4 is 54.7 Å². The molecule has 0 aliphatic rings. The zero-order chi connectivity index (χ0) is 26.0. The molecule has 3 rings (SSSR count). The number of hydrogen-bond donors (Lipinski definition) is 1. The third-order valence-electron chi connectivity index (χ3n) is 5.34. The molecule has 0 aliphatic carbocycles. The number of benzene rings is 3. The summed E-state index contributed by atoms with van der Waals surface area (Å²) in [6.45, 7) is 1.71. The molecule has 1 atom stereocenters. The molecule has 0 aliphatic heterocycles. The Hall–Kier alpha value is -2.59. The van der Waals surface area contributed by atoms with E-state index in [0.717, 1.165) is 22.4 Å². The van der Waals surface area contributed by atoms with Crippen molar-refractivity contribution in [2.24, 2.45) is 0 Å². The normalized spacial score (nSPS) is 12.7. The van der Waals surface area contributed by atoms with Gasteiger partial charge in [-0.1, -0.05) is 41.4 Å². The molecule has 3 aromatic carbocycles. The molecule has 7 nitrogen and oxygen atoms in total. The van der Waals surface area contributed by atoms with Crippen LogP contribution >= 0.6 is 23.2 Å². The summed E-state index contributed by atoms with van der Waals surface area (Å²) in [5, 5.41) is 3.54. The Morgan fingerprint density at radius 2 is 1.43 bits per heavy atom. The third kappa shape index (κ3) is 6.76. The van der Waals surface area contributed by atoms with Crippen LogP contribution in [0, 0.1) is 0 Å². The van der Waals surface area contributed by atoms with Gasteiger partial charge < -0.3 is 5.32 Å². The van der Waals surface area contributed by atoms with Gasteiger partial charge in [0.15, 0.2) is 9.84 Å². The lowest BCUT2D eigenvalue weighted by molar-refractivity contribution is 0.0940. The maximum Gasteiger partial charge on any atom is 0.251 e. The van der Waals surface area contributed by atoms with Gasteiger partial charge in [-0.2, -0.15) is 0 Å². The first kappa shape index (κ1) is 27.0. The Morgan fingerprint density at radius 1 is 0.886 bits per heavy atom. The van der Waals surface area contributed by atoms with E-state index in [1.807, 2.05) is 0 Å². The van der Waals surface area contributed by atoms with Gasteiger partial charge in [-0.15, -0.1) is 0 Å². The van der Waals surface area contributed by atoms with Gasteiger partial charge in [0.1, 0.15) is 0 Å². The van der Waals surface area contributed by atoms with Crippen molar-refractivity contribution in [3.63, 3.8) is 0 Å². The van der Waals surface area contributed by atoms with E-state index < -0.39 is 19.9 Å². The summed E-state index contributed by atoms with van der Waals surface area (Å²) in [5.41, 5.74) is 1.89. The second-order valence-corrected chi connectivity index (χ2v) is 12.8. The van der Waals surface area contributed by atoms with Crippen LogP contribution in [0.4, 0.5) is 5.69 Å². The first-order chi connectivity index (χ1) is 16.3. The molecule has 0 aromatic heterocycles. The summed E-state index contributed by atoms with van der Waals surface area (Å²) in [5.74, 6) is -0.365. The van der Waals surface area contributed by atoms with E-state index >= 15 is 0 Å². The molecule has 0 bridgehead atoms. The number of anilines is 1. The Kier molecular flexibility index (Phi) is 8.16. The van der Waals surface area contributed by atoms with Gasteiger partial charge in [-0.3, -0.25) is 9.10 Å². The highest BCUT2D eigenvalue weighted by atomic mass is 35.5. The molecular weight excluding hydrogens is 531 g/mol. The lowest BCUT2D eigenvalue weighted by Crippen LogP contribution is -2.30. The molecule has 0 spiro atoms. The fourth-order valence-electron chi connectivity index (χ4n) is 3.37. The highest BCUT2D eigenvalue weighted by Gasteiger charge is 2.21. The largest absolute Gasteiger partial charge is 0.346 e. The summed E-state index contributed by atoms with van der Waals surface area (Å²) in [7, 11) is -6.99. The Labute approximate surface area is 215 Å². The molecule has 0 fully saturated rings. The van der Waals surface area contributed by atoms with Crippen molar-refractivity contribution in [2.45, 2.75) is 24.4 Å². The molecule has 186 valence electrons. The van der Waals surface area contributed by atoms with Crippen LogP contribution in [0.25, 0.3) is 0 Å². The van der Waals surface area contributed by atoms with Crippen molar-refractivity contribution in [3.05, 3.63) is 93.5 Å². The lowest BCUT2D eigenvalue weighted by atomic mass is 10.1. The molecule has 0 saturated heterocycles. The van der Waals surface area contributed by atoms with E-state index in [4.69, 9.17) is 23.2 Å². The highest BCUT2D eigenvalue weighted by molar-refractivity contribution is 7.92. The molecule has 3 aromatic rings. The predicted molar refractivity (Wildman–Crippen MR) is 139 cm³/mol. The molecule has 1 amide bonds. The van der Waals surface area contributed by atoms with Crippen molar-refractivity contribution in [1.29, 1.82) is 0 Å². The van der Waals surface area contributed by atoms with Crippen molar-refractivity contribution < 1.29 is 21.6 Å². The molecule has 0 radical (unpaired) electrons. The van der Waals surface area contributed by atoms with Crippen LogP contribution in [0.15, 0.2) is 71.6 Å². The molecule has 11 heteroatoms. The van der Waals surface area contributed by atoms with E-state index in [2.05, 4.69) is 5.32 Å². The van der Waals surface area contributed by atoms with E-state index in [0.29, 0.717) is 26.9 Å². The number of nitrogens with zero attached hydrogens (tertiary/aromatic N) is 1. The maximum atomic E-state index is 12.7. The minimum atomic E-state index is -3.68. The van der Waals surface area contributed by atoms with Crippen molar-refractivity contribution in [3.8, 4) is 0 Å². The Balaban J connectivity index is 1.77. The number of halogens is 2. The molecule has 0 saturated carbocycles. The van der Waals surface area contributed by atoms with E-state index in [1.165, 1.54) is 36.4 Å². The van der Waals surface area contributed by atoms with Gasteiger partial charge in [0, 0.05) is 27.4 Å². The summed E-state index contributed by atoms with van der Waals surface area (Å²) in [6.07, 6.45) is 2.21. The van der Waals surface area contributed by atoms with Crippen LogP contribution in [0.3, 0.4) is 0 Å². The first-order valence-corrected chi connectivity index (χ1v) is 14.9. The molecule has 0 heterocycles. The average Bonchev–Trinajstić information content (AvgIpc) is 2.77. The zero-order valence-electron chi connectivity index (χ0n) is 19.2. The van der Waals surface area contributed by atoms with Crippen LogP contribution < -0.4 is 9.62 Å². The maximum absolute atomic E-state index is 12.7. The fourth-order valence-corrected chi connectivity index (χ4v) is 5.39. The van der Waals surface area contributed by atoms with Gasteiger partial charge in [0.2, 0.25) is 10.0 Å². The SMILES string of the molecule is C[C@@H](NC(=O)c1ccc(N(Cc2c(Cl)cccc2Cl)S(C)(=O)=O)cc1)c1ccc(S(C)(=O)=O)cc1. The van der Waals surface area contributed by atoms with Crippen LogP contribution in [0.1, 0.15) is 34.5 Å². The molecular formula is C24H24Cl2N2O5S2. The molecule has 1 N–H and O–H groups in total. The number of carbonyl (C=O) groups is 1. The highest BCUT2D eigenvalue weighted by Crippen LogP contribution is 2.29. The Bertz CT molecular complexity index is 1420. The van der Waals surface area contributed by atoms with Crippen molar-refractivity contribution in [2.75, 3.05) is 16.8 Å². The van der Waals surface area contributed by atoms with Gasteiger partial charge >= 0.3 is 0 Å². The van der Waals surface area contributed by atoms with Crippen LogP contribution in [-0.4, -0.2) is 35.3 Å². The lowest BCUT2D eigenvalue weighted by Gasteiger charge is -2.24.